The first-order valence-corrected chi connectivity index (χ1v) is 16.5. The van der Waals surface area contributed by atoms with Gasteiger partial charge in [-0.05, 0) is 49.9 Å². The molecular weight excluding hydrogens is 580 g/mol. The van der Waals surface area contributed by atoms with Crippen LogP contribution in [0.3, 0.4) is 0 Å². The van der Waals surface area contributed by atoms with Crippen molar-refractivity contribution in [3.63, 3.8) is 0 Å². The average Bonchev–Trinajstić information content (AvgIpc) is 3.59. The summed E-state index contributed by atoms with van der Waals surface area (Å²) in [6, 6.07) is 7.01. The van der Waals surface area contributed by atoms with E-state index in [0.717, 1.165) is 66.4 Å². The first-order valence-electron chi connectivity index (χ1n) is 13.1. The molecule has 0 spiro atoms. The molecule has 3 aromatic rings. The Morgan fingerprint density at radius 1 is 1.21 bits per heavy atom. The fraction of sp³-hybridized carbons (Fsp3) is 0.538. The van der Waals surface area contributed by atoms with Crippen molar-refractivity contribution < 1.29 is 22.7 Å². The lowest BCUT2D eigenvalue weighted by Gasteiger charge is -2.34. The number of carbonyl (C=O) groups is 1. The molecule has 0 N–H and O–H groups in total. The van der Waals surface area contributed by atoms with E-state index >= 15 is 0 Å². The third-order valence-electron chi connectivity index (χ3n) is 7.24. The molecule has 2 saturated heterocycles. The summed E-state index contributed by atoms with van der Waals surface area (Å²) in [5, 5.41) is 0.620. The van der Waals surface area contributed by atoms with Gasteiger partial charge in [-0.1, -0.05) is 29.0 Å². The molecule has 39 heavy (non-hydrogen) atoms. The number of carbonyl (C=O) groups excluding carboxylic acids is 1. The molecule has 13 heteroatoms. The SMILES string of the molecule is COc1ccc(C)c2sc(N(CCCN3CCOCC3)C(=O)C3CCCN(S(=O)(=O)c4ccc(Cl)s4)C3)nc12. The number of piperidine rings is 1. The van der Waals surface area contributed by atoms with Crippen molar-refractivity contribution in [2.75, 3.05) is 64.5 Å². The summed E-state index contributed by atoms with van der Waals surface area (Å²) in [5.74, 6) is 0.127. The van der Waals surface area contributed by atoms with Crippen molar-refractivity contribution in [3.05, 3.63) is 34.2 Å². The van der Waals surface area contributed by atoms with Gasteiger partial charge in [-0.3, -0.25) is 14.6 Å². The maximum atomic E-state index is 14.1. The van der Waals surface area contributed by atoms with Gasteiger partial charge in [-0.2, -0.15) is 4.31 Å². The number of nitrogens with zero attached hydrogens (tertiary/aromatic N) is 4. The number of rotatable bonds is 9. The average molecular weight is 613 g/mol. The number of halogens is 1. The molecule has 0 radical (unpaired) electrons. The van der Waals surface area contributed by atoms with E-state index in [1.54, 1.807) is 18.1 Å². The Labute approximate surface area is 242 Å². The Hall–Kier alpha value is -1.80. The zero-order valence-electron chi connectivity index (χ0n) is 22.1. The van der Waals surface area contributed by atoms with Crippen molar-refractivity contribution in [1.29, 1.82) is 0 Å². The van der Waals surface area contributed by atoms with E-state index in [9.17, 15) is 13.2 Å². The van der Waals surface area contributed by atoms with Crippen LogP contribution in [0.15, 0.2) is 28.5 Å². The molecule has 1 atom stereocenters. The minimum absolute atomic E-state index is 0.0863. The normalized spacial score (nSPS) is 19.4. The number of sulfonamides is 1. The number of methoxy groups -OCH3 is 1. The number of amides is 1. The van der Waals surface area contributed by atoms with E-state index in [0.29, 0.717) is 41.1 Å². The largest absolute Gasteiger partial charge is 0.494 e. The maximum absolute atomic E-state index is 14.1. The quantitative estimate of drug-likeness (QED) is 0.352. The number of benzene rings is 1. The van der Waals surface area contributed by atoms with Crippen LogP contribution >= 0.6 is 34.3 Å². The number of hydrogen-bond acceptors (Lipinski definition) is 9. The number of thiophene rings is 1. The highest BCUT2D eigenvalue weighted by molar-refractivity contribution is 7.91. The van der Waals surface area contributed by atoms with E-state index in [1.165, 1.54) is 21.7 Å². The second kappa shape index (κ2) is 12.4. The molecule has 1 amide bonds. The second-order valence-electron chi connectivity index (χ2n) is 9.82. The lowest BCUT2D eigenvalue weighted by atomic mass is 9.98. The summed E-state index contributed by atoms with van der Waals surface area (Å²) in [5.41, 5.74) is 1.81. The van der Waals surface area contributed by atoms with Crippen LogP contribution in [0.4, 0.5) is 5.13 Å². The zero-order valence-corrected chi connectivity index (χ0v) is 25.3. The summed E-state index contributed by atoms with van der Waals surface area (Å²) >= 11 is 8.54. The topological polar surface area (TPSA) is 92.3 Å². The molecule has 0 aliphatic carbocycles. The Bertz CT molecular complexity index is 1420. The summed E-state index contributed by atoms with van der Waals surface area (Å²) in [6.07, 6.45) is 2.02. The Morgan fingerprint density at radius 3 is 2.72 bits per heavy atom. The molecule has 212 valence electrons. The van der Waals surface area contributed by atoms with Gasteiger partial charge >= 0.3 is 0 Å². The monoisotopic (exact) mass is 612 g/mol. The molecule has 1 aromatic carbocycles. The van der Waals surface area contributed by atoms with Crippen molar-refractivity contribution in [2.45, 2.75) is 30.4 Å². The highest BCUT2D eigenvalue weighted by atomic mass is 35.5. The van der Waals surface area contributed by atoms with Crippen LogP contribution in [0.1, 0.15) is 24.8 Å². The van der Waals surface area contributed by atoms with Crippen LogP contribution in [0.2, 0.25) is 4.34 Å². The number of anilines is 1. The van der Waals surface area contributed by atoms with Crippen molar-refractivity contribution >= 4 is 65.6 Å². The van der Waals surface area contributed by atoms with Gasteiger partial charge in [0.25, 0.3) is 10.0 Å². The molecule has 2 aromatic heterocycles. The van der Waals surface area contributed by atoms with E-state index in [-0.39, 0.29) is 16.7 Å². The van der Waals surface area contributed by atoms with E-state index in [4.69, 9.17) is 26.1 Å². The Morgan fingerprint density at radius 2 is 2.00 bits per heavy atom. The maximum Gasteiger partial charge on any atom is 0.252 e. The highest BCUT2D eigenvalue weighted by Crippen LogP contribution is 2.38. The Kier molecular flexibility index (Phi) is 9.11. The molecule has 0 saturated carbocycles. The third kappa shape index (κ3) is 6.27. The molecule has 9 nitrogen and oxygen atoms in total. The predicted octanol–water partition coefficient (Wildman–Crippen LogP) is 4.48. The van der Waals surface area contributed by atoms with E-state index < -0.39 is 15.9 Å². The molecule has 2 aliphatic heterocycles. The summed E-state index contributed by atoms with van der Waals surface area (Å²) < 4.78 is 40.6. The fourth-order valence-corrected chi connectivity index (χ4v) is 9.35. The summed E-state index contributed by atoms with van der Waals surface area (Å²) in [4.78, 5) is 23.1. The van der Waals surface area contributed by atoms with Gasteiger partial charge in [-0.15, -0.1) is 11.3 Å². The minimum Gasteiger partial charge on any atom is -0.494 e. The zero-order chi connectivity index (χ0) is 27.6. The summed E-state index contributed by atoms with van der Waals surface area (Å²) in [6.45, 7) is 7.12. The number of ether oxygens (including phenoxy) is 2. The fourth-order valence-electron chi connectivity index (χ4n) is 5.10. The van der Waals surface area contributed by atoms with Gasteiger partial charge < -0.3 is 9.47 Å². The van der Waals surface area contributed by atoms with Gasteiger partial charge in [-0.25, -0.2) is 13.4 Å². The van der Waals surface area contributed by atoms with E-state index in [2.05, 4.69) is 4.90 Å². The van der Waals surface area contributed by atoms with E-state index in [1.807, 2.05) is 19.1 Å². The van der Waals surface area contributed by atoms with Crippen LogP contribution in [0.25, 0.3) is 10.2 Å². The standard InChI is InChI=1S/C26H33ClN4O5S3/c1-18-6-7-20(35-2)23-24(18)38-26(28-23)31(12-4-10-29-13-15-36-16-14-29)25(32)19-5-3-11-30(17-19)39(33,34)22-9-8-21(27)37-22/h6-9,19H,3-5,10-17H2,1-2H3. The minimum atomic E-state index is -3.72. The highest BCUT2D eigenvalue weighted by Gasteiger charge is 2.37. The molecule has 0 bridgehead atoms. The molecular formula is C26H33ClN4O5S3. The molecule has 4 heterocycles. The first-order chi connectivity index (χ1) is 18.8. The third-order valence-corrected chi connectivity index (χ3v) is 12.0. The van der Waals surface area contributed by atoms with Crippen molar-refractivity contribution in [2.24, 2.45) is 5.92 Å². The smallest absolute Gasteiger partial charge is 0.252 e. The number of thiazole rings is 1. The van der Waals surface area contributed by atoms with Crippen LogP contribution in [-0.2, 0) is 19.6 Å². The lowest BCUT2D eigenvalue weighted by Crippen LogP contribution is -2.47. The van der Waals surface area contributed by atoms with Crippen molar-refractivity contribution in [3.8, 4) is 5.75 Å². The number of fused-ring (bicyclic) bond motifs is 1. The van der Waals surface area contributed by atoms with Gasteiger partial charge in [0.15, 0.2) is 5.13 Å². The number of morpholine rings is 1. The number of aromatic nitrogens is 1. The van der Waals surface area contributed by atoms with Crippen LogP contribution in [0.5, 0.6) is 5.75 Å². The van der Waals surface area contributed by atoms with Gasteiger partial charge in [0, 0.05) is 39.3 Å². The molecule has 1 unspecified atom stereocenters. The lowest BCUT2D eigenvalue weighted by molar-refractivity contribution is -0.123. The van der Waals surface area contributed by atoms with Gasteiger partial charge in [0.05, 0.1) is 35.3 Å². The van der Waals surface area contributed by atoms with Gasteiger partial charge in [0.1, 0.15) is 15.5 Å². The number of aryl methyl sites for hydroxylation is 1. The Balaban J connectivity index is 1.40. The molecule has 5 rings (SSSR count). The van der Waals surface area contributed by atoms with Crippen LogP contribution in [0, 0.1) is 12.8 Å². The first kappa shape index (κ1) is 28.7. The van der Waals surface area contributed by atoms with Crippen LogP contribution in [-0.4, -0.2) is 88.1 Å². The summed E-state index contributed by atoms with van der Waals surface area (Å²) in [7, 11) is -2.10. The van der Waals surface area contributed by atoms with Crippen LogP contribution < -0.4 is 9.64 Å². The molecule has 2 aliphatic rings. The predicted molar refractivity (Wildman–Crippen MR) is 156 cm³/mol. The second-order valence-corrected chi connectivity index (χ2v) is 14.7. The van der Waals surface area contributed by atoms with Crippen molar-refractivity contribution in [1.82, 2.24) is 14.2 Å². The van der Waals surface area contributed by atoms with Gasteiger partial charge in [0.2, 0.25) is 5.91 Å². The molecule has 2 fully saturated rings. The number of hydrogen-bond donors (Lipinski definition) is 0.